The van der Waals surface area contributed by atoms with Crippen LogP contribution in [0.4, 0.5) is 0 Å². The largest absolute Gasteiger partial charge is 0.339 e. The second-order valence-corrected chi connectivity index (χ2v) is 7.85. The summed E-state index contributed by atoms with van der Waals surface area (Å²) in [6.07, 6.45) is 4.09. The quantitative estimate of drug-likeness (QED) is 0.677. The summed E-state index contributed by atoms with van der Waals surface area (Å²) in [5.41, 5.74) is 4.09. The van der Waals surface area contributed by atoms with E-state index in [-0.39, 0.29) is 5.91 Å². The van der Waals surface area contributed by atoms with Crippen molar-refractivity contribution in [3.8, 4) is 0 Å². The lowest BCUT2D eigenvalue weighted by Gasteiger charge is -2.15. The molecule has 7 heteroatoms. The molecule has 24 heavy (non-hydrogen) atoms. The van der Waals surface area contributed by atoms with Crippen LogP contribution in [0.1, 0.15) is 22.0 Å². The number of hydrogen-bond acceptors (Lipinski definition) is 5. The summed E-state index contributed by atoms with van der Waals surface area (Å²) in [5, 5.41) is 3.03. The van der Waals surface area contributed by atoms with E-state index in [1.165, 1.54) is 5.56 Å². The smallest absolute Gasteiger partial charge is 0.232 e. The fourth-order valence-corrected chi connectivity index (χ4v) is 3.84. The Bertz CT molecular complexity index is 855. The topological polar surface area (TPSA) is 50.5 Å². The number of carbonyl (C=O) groups excluding carboxylic acids is 1. The minimum atomic E-state index is 0.116. The molecule has 0 aliphatic heterocycles. The van der Waals surface area contributed by atoms with E-state index >= 15 is 0 Å². The molecular formula is C17H20N4OS2. The number of hydrogen-bond donors (Lipinski definition) is 0. The van der Waals surface area contributed by atoms with Gasteiger partial charge in [0.2, 0.25) is 5.91 Å². The third-order valence-electron chi connectivity index (χ3n) is 3.62. The zero-order valence-corrected chi connectivity index (χ0v) is 15.7. The maximum absolute atomic E-state index is 12.2. The molecule has 0 atom stereocenters. The number of thioether (sulfide) groups is 1. The molecule has 0 aromatic carbocycles. The Labute approximate surface area is 149 Å². The van der Waals surface area contributed by atoms with Gasteiger partial charge in [-0.3, -0.25) is 4.79 Å². The van der Waals surface area contributed by atoms with E-state index in [0.717, 1.165) is 27.8 Å². The number of imidazole rings is 1. The van der Waals surface area contributed by atoms with Crippen molar-refractivity contribution in [1.29, 1.82) is 0 Å². The summed E-state index contributed by atoms with van der Waals surface area (Å²) in [6.45, 7) is 4.60. The predicted molar refractivity (Wildman–Crippen MR) is 99.4 cm³/mol. The molecule has 0 unspecified atom stereocenters. The van der Waals surface area contributed by atoms with Crippen LogP contribution in [0.2, 0.25) is 0 Å². The summed E-state index contributed by atoms with van der Waals surface area (Å²) >= 11 is 3.20. The Balaban J connectivity index is 1.50. The molecule has 0 N–H and O–H groups in total. The van der Waals surface area contributed by atoms with Crippen molar-refractivity contribution in [2.75, 3.05) is 12.8 Å². The highest BCUT2D eigenvalue weighted by molar-refractivity contribution is 7.99. The minimum absolute atomic E-state index is 0.116. The fourth-order valence-electron chi connectivity index (χ4n) is 2.39. The maximum atomic E-state index is 12.2. The predicted octanol–water partition coefficient (Wildman–Crippen LogP) is 3.30. The molecule has 3 rings (SSSR count). The van der Waals surface area contributed by atoms with Crippen molar-refractivity contribution < 1.29 is 4.79 Å². The number of thiazole rings is 1. The zero-order valence-electron chi connectivity index (χ0n) is 14.0. The van der Waals surface area contributed by atoms with Crippen molar-refractivity contribution >= 4 is 34.7 Å². The van der Waals surface area contributed by atoms with Crippen LogP contribution < -0.4 is 0 Å². The van der Waals surface area contributed by atoms with E-state index < -0.39 is 0 Å². The van der Waals surface area contributed by atoms with Gasteiger partial charge in [-0.1, -0.05) is 6.07 Å². The zero-order chi connectivity index (χ0) is 17.1. The SMILES string of the molecule is Cc1ccc2nc(CSCC(=O)N(C)Cc3csc(C)n3)cn2c1. The van der Waals surface area contributed by atoms with Crippen LogP contribution in [0, 0.1) is 13.8 Å². The monoisotopic (exact) mass is 360 g/mol. The molecule has 0 fully saturated rings. The third kappa shape index (κ3) is 4.15. The van der Waals surface area contributed by atoms with Crippen LogP contribution in [-0.2, 0) is 17.1 Å². The lowest BCUT2D eigenvalue weighted by Crippen LogP contribution is -2.28. The van der Waals surface area contributed by atoms with Gasteiger partial charge in [0.25, 0.3) is 0 Å². The van der Waals surface area contributed by atoms with Gasteiger partial charge in [0.15, 0.2) is 0 Å². The molecule has 0 aliphatic carbocycles. The molecule has 3 aromatic heterocycles. The number of carbonyl (C=O) groups is 1. The van der Waals surface area contributed by atoms with Crippen molar-refractivity contribution in [3.05, 3.63) is 51.9 Å². The van der Waals surface area contributed by atoms with Gasteiger partial charge in [-0.05, 0) is 25.5 Å². The summed E-state index contributed by atoms with van der Waals surface area (Å²) in [7, 11) is 1.82. The molecule has 1 amide bonds. The van der Waals surface area contributed by atoms with Gasteiger partial charge in [-0.15, -0.1) is 23.1 Å². The highest BCUT2D eigenvalue weighted by atomic mass is 32.2. The molecule has 0 spiro atoms. The Hall–Kier alpha value is -1.86. The van der Waals surface area contributed by atoms with Crippen LogP contribution in [-0.4, -0.2) is 38.0 Å². The van der Waals surface area contributed by atoms with Crippen molar-refractivity contribution in [2.24, 2.45) is 0 Å². The molecule has 3 heterocycles. The van der Waals surface area contributed by atoms with Gasteiger partial charge < -0.3 is 9.30 Å². The number of nitrogens with zero attached hydrogens (tertiary/aromatic N) is 4. The van der Waals surface area contributed by atoms with Crippen LogP contribution >= 0.6 is 23.1 Å². The summed E-state index contributed by atoms with van der Waals surface area (Å²) in [5.74, 6) is 1.30. The highest BCUT2D eigenvalue weighted by Gasteiger charge is 2.11. The molecule has 3 aromatic rings. The fraction of sp³-hybridized carbons (Fsp3) is 0.353. The number of aryl methyl sites for hydroxylation is 2. The van der Waals surface area contributed by atoms with Crippen LogP contribution in [0.3, 0.4) is 0 Å². The molecule has 0 saturated carbocycles. The minimum Gasteiger partial charge on any atom is -0.339 e. The number of pyridine rings is 1. The Morgan fingerprint density at radius 2 is 2.08 bits per heavy atom. The second-order valence-electron chi connectivity index (χ2n) is 5.80. The lowest BCUT2D eigenvalue weighted by atomic mass is 10.3. The highest BCUT2D eigenvalue weighted by Crippen LogP contribution is 2.15. The van der Waals surface area contributed by atoms with Crippen LogP contribution in [0.5, 0.6) is 0 Å². The van der Waals surface area contributed by atoms with E-state index in [1.54, 1.807) is 28.0 Å². The van der Waals surface area contributed by atoms with Gasteiger partial charge in [0.1, 0.15) is 5.65 Å². The first kappa shape index (κ1) is 17.0. The Kier molecular flexibility index (Phi) is 5.20. The van der Waals surface area contributed by atoms with E-state index in [0.29, 0.717) is 12.3 Å². The van der Waals surface area contributed by atoms with Crippen LogP contribution in [0.15, 0.2) is 29.9 Å². The van der Waals surface area contributed by atoms with E-state index in [1.807, 2.05) is 36.0 Å². The van der Waals surface area contributed by atoms with Crippen molar-refractivity contribution in [3.63, 3.8) is 0 Å². The Morgan fingerprint density at radius 3 is 2.83 bits per heavy atom. The first-order valence-electron chi connectivity index (χ1n) is 7.68. The second kappa shape index (κ2) is 7.36. The number of aromatic nitrogens is 3. The van der Waals surface area contributed by atoms with Gasteiger partial charge in [-0.25, -0.2) is 9.97 Å². The molecule has 126 valence electrons. The molecular weight excluding hydrogens is 340 g/mol. The van der Waals surface area contributed by atoms with E-state index in [9.17, 15) is 4.79 Å². The van der Waals surface area contributed by atoms with E-state index in [4.69, 9.17) is 0 Å². The van der Waals surface area contributed by atoms with E-state index in [2.05, 4.69) is 29.2 Å². The molecule has 5 nitrogen and oxygen atoms in total. The first-order valence-corrected chi connectivity index (χ1v) is 9.71. The normalized spacial score (nSPS) is 11.1. The summed E-state index contributed by atoms with van der Waals surface area (Å²) in [4.78, 5) is 22.9. The van der Waals surface area contributed by atoms with Gasteiger partial charge in [-0.2, -0.15) is 0 Å². The number of amides is 1. The maximum Gasteiger partial charge on any atom is 0.232 e. The molecule has 0 aliphatic rings. The Morgan fingerprint density at radius 1 is 1.25 bits per heavy atom. The van der Waals surface area contributed by atoms with Crippen LogP contribution in [0.25, 0.3) is 5.65 Å². The first-order chi connectivity index (χ1) is 11.5. The average molecular weight is 361 g/mol. The average Bonchev–Trinajstić information content (AvgIpc) is 3.12. The van der Waals surface area contributed by atoms with Gasteiger partial charge >= 0.3 is 0 Å². The number of rotatable bonds is 6. The van der Waals surface area contributed by atoms with Crippen molar-refractivity contribution in [1.82, 2.24) is 19.3 Å². The van der Waals surface area contributed by atoms with Crippen molar-refractivity contribution in [2.45, 2.75) is 26.1 Å². The van der Waals surface area contributed by atoms with Gasteiger partial charge in [0.05, 0.1) is 28.7 Å². The summed E-state index contributed by atoms with van der Waals surface area (Å²) in [6, 6.07) is 4.07. The molecule has 0 radical (unpaired) electrons. The lowest BCUT2D eigenvalue weighted by molar-refractivity contribution is -0.127. The summed E-state index contributed by atoms with van der Waals surface area (Å²) < 4.78 is 2.03. The van der Waals surface area contributed by atoms with Gasteiger partial charge in [0, 0.05) is 30.6 Å². The molecule has 0 bridgehead atoms. The third-order valence-corrected chi connectivity index (χ3v) is 5.39. The number of fused-ring (bicyclic) bond motifs is 1. The standard InChI is InChI=1S/C17H20N4OS2/c1-12-4-5-16-19-15(8-21(16)6-12)9-23-11-17(22)20(3)7-14-10-24-13(2)18-14/h4-6,8,10H,7,9,11H2,1-3H3. The molecule has 0 saturated heterocycles.